The van der Waals surface area contributed by atoms with Gasteiger partial charge in [0.15, 0.2) is 5.84 Å². The molecule has 242 valence electrons. The van der Waals surface area contributed by atoms with Crippen LogP contribution in [0.3, 0.4) is 0 Å². The lowest BCUT2D eigenvalue weighted by Gasteiger charge is -2.09. The van der Waals surface area contributed by atoms with Gasteiger partial charge in [0, 0.05) is 21.9 Å². The monoisotopic (exact) mass is 655 g/mol. The van der Waals surface area contributed by atoms with Crippen LogP contribution in [0.2, 0.25) is 0 Å². The van der Waals surface area contributed by atoms with Gasteiger partial charge in [-0.05, 0) is 67.6 Å². The Morgan fingerprint density at radius 1 is 0.490 bits per heavy atom. The first-order chi connectivity index (χ1) is 25.2. The molecule has 9 aromatic rings. The van der Waals surface area contributed by atoms with Crippen LogP contribution in [0.1, 0.15) is 16.7 Å². The summed E-state index contributed by atoms with van der Waals surface area (Å²) in [6.45, 7) is 0.408. The van der Waals surface area contributed by atoms with E-state index in [-0.39, 0.29) is 0 Å². The lowest BCUT2D eigenvalue weighted by molar-refractivity contribution is 0.668. The maximum atomic E-state index is 6.70. The Balaban J connectivity index is 1.08. The first-order valence-corrected chi connectivity index (χ1v) is 17.1. The van der Waals surface area contributed by atoms with E-state index >= 15 is 0 Å². The molecule has 1 heterocycles. The molecule has 2 N–H and O–H groups in total. The minimum atomic E-state index is 0.408. The van der Waals surface area contributed by atoms with E-state index < -0.39 is 0 Å². The fourth-order valence-corrected chi connectivity index (χ4v) is 7.09. The first kappa shape index (κ1) is 30.3. The number of nitrogens with two attached hydrogens (primary N) is 1. The van der Waals surface area contributed by atoms with Crippen molar-refractivity contribution < 1.29 is 4.42 Å². The standard InChI is InChI=1S/C47H33N3O/c48-46(34-25-23-33(24-26-34)40-20-8-15-31-11-4-6-18-38(31)40)50-47(35-13-2-1-3-14-35)49-30-37-17-10-22-44-45(37)42-29-36(27-28-43(42)51-44)41-21-9-16-32-12-5-7-19-39(32)41/h1-29H,30H2,(H2,48,49,50). The average molecular weight is 656 g/mol. The number of fused-ring (bicyclic) bond motifs is 5. The SMILES string of the molecule is N/C(=N\C(=N/Cc1cccc2oc3ccc(-c4cccc5ccccc45)cc3c12)c1ccccc1)c1ccc(-c2cccc3ccccc23)cc1. The average Bonchev–Trinajstić information content (AvgIpc) is 3.58. The molecule has 0 bridgehead atoms. The van der Waals surface area contributed by atoms with Crippen molar-refractivity contribution in [3.8, 4) is 22.3 Å². The highest BCUT2D eigenvalue weighted by Crippen LogP contribution is 2.37. The summed E-state index contributed by atoms with van der Waals surface area (Å²) in [7, 11) is 0. The summed E-state index contributed by atoms with van der Waals surface area (Å²) in [6.07, 6.45) is 0. The molecule has 9 rings (SSSR count). The summed E-state index contributed by atoms with van der Waals surface area (Å²) in [5.41, 5.74) is 15.8. The molecule has 0 aliphatic rings. The molecular weight excluding hydrogens is 623 g/mol. The summed E-state index contributed by atoms with van der Waals surface area (Å²) in [5, 5.41) is 7.01. The van der Waals surface area contributed by atoms with Gasteiger partial charge in [-0.3, -0.25) is 4.99 Å². The van der Waals surface area contributed by atoms with Gasteiger partial charge in [0.25, 0.3) is 0 Å². The molecule has 4 nitrogen and oxygen atoms in total. The van der Waals surface area contributed by atoms with Crippen LogP contribution in [0, 0.1) is 0 Å². The summed E-state index contributed by atoms with van der Waals surface area (Å²) in [4.78, 5) is 10.0. The Morgan fingerprint density at radius 2 is 1.10 bits per heavy atom. The fourth-order valence-electron chi connectivity index (χ4n) is 7.09. The summed E-state index contributed by atoms with van der Waals surface area (Å²) in [5.74, 6) is 0.987. The van der Waals surface area contributed by atoms with Crippen molar-refractivity contribution in [2.45, 2.75) is 6.54 Å². The molecule has 0 atom stereocenters. The third-order valence-electron chi connectivity index (χ3n) is 9.62. The van der Waals surface area contributed by atoms with Crippen molar-refractivity contribution in [1.29, 1.82) is 0 Å². The lowest BCUT2D eigenvalue weighted by atomic mass is 9.96. The van der Waals surface area contributed by atoms with Crippen LogP contribution >= 0.6 is 0 Å². The third-order valence-corrected chi connectivity index (χ3v) is 9.62. The maximum absolute atomic E-state index is 6.70. The Kier molecular flexibility index (Phi) is 7.67. The number of hydrogen-bond donors (Lipinski definition) is 1. The Labute approximate surface area is 295 Å². The van der Waals surface area contributed by atoms with Gasteiger partial charge < -0.3 is 10.2 Å². The summed E-state index contributed by atoms with van der Waals surface area (Å²) >= 11 is 0. The second-order valence-electron chi connectivity index (χ2n) is 12.7. The number of benzene rings is 8. The van der Waals surface area contributed by atoms with Gasteiger partial charge in [0.05, 0.1) is 6.54 Å². The van der Waals surface area contributed by atoms with Gasteiger partial charge in [0.1, 0.15) is 17.0 Å². The molecule has 0 unspecified atom stereocenters. The highest BCUT2D eigenvalue weighted by Gasteiger charge is 2.14. The van der Waals surface area contributed by atoms with Gasteiger partial charge >= 0.3 is 0 Å². The molecule has 8 aromatic carbocycles. The van der Waals surface area contributed by atoms with Crippen molar-refractivity contribution in [2.24, 2.45) is 15.7 Å². The molecule has 0 amide bonds. The zero-order chi connectivity index (χ0) is 34.1. The van der Waals surface area contributed by atoms with Gasteiger partial charge in [-0.15, -0.1) is 0 Å². The predicted octanol–water partition coefficient (Wildman–Crippen LogP) is 11.6. The van der Waals surface area contributed by atoms with Gasteiger partial charge in [-0.1, -0.05) is 158 Å². The van der Waals surface area contributed by atoms with Gasteiger partial charge in [-0.2, -0.15) is 0 Å². The van der Waals surface area contributed by atoms with Gasteiger partial charge in [-0.25, -0.2) is 4.99 Å². The molecular formula is C47H33N3O. The van der Waals surface area contributed by atoms with E-state index in [1.54, 1.807) is 0 Å². The van der Waals surface area contributed by atoms with Crippen LogP contribution in [0.15, 0.2) is 190 Å². The van der Waals surface area contributed by atoms with Crippen molar-refractivity contribution >= 4 is 55.2 Å². The summed E-state index contributed by atoms with van der Waals surface area (Å²) in [6, 6.07) is 60.7. The smallest absolute Gasteiger partial charge is 0.157 e. The van der Waals surface area contributed by atoms with Crippen LogP contribution < -0.4 is 5.73 Å². The van der Waals surface area contributed by atoms with Crippen LogP contribution in [0.25, 0.3) is 65.7 Å². The molecule has 0 aliphatic heterocycles. The molecule has 4 heteroatoms. The van der Waals surface area contributed by atoms with Crippen molar-refractivity contribution in [3.63, 3.8) is 0 Å². The molecule has 0 saturated heterocycles. The number of furan rings is 1. The highest BCUT2D eigenvalue weighted by molar-refractivity contribution is 6.12. The fraction of sp³-hybridized carbons (Fsp3) is 0.0213. The highest BCUT2D eigenvalue weighted by atomic mass is 16.3. The Bertz CT molecular complexity index is 2760. The molecule has 0 aliphatic carbocycles. The molecule has 0 radical (unpaired) electrons. The van der Waals surface area contributed by atoms with Crippen molar-refractivity contribution in [2.75, 3.05) is 0 Å². The maximum Gasteiger partial charge on any atom is 0.157 e. The van der Waals surface area contributed by atoms with E-state index in [4.69, 9.17) is 20.1 Å². The van der Waals surface area contributed by atoms with Crippen LogP contribution in [-0.2, 0) is 6.54 Å². The summed E-state index contributed by atoms with van der Waals surface area (Å²) < 4.78 is 6.35. The quantitative estimate of drug-likeness (QED) is 0.143. The molecule has 0 fully saturated rings. The predicted molar refractivity (Wildman–Crippen MR) is 213 cm³/mol. The van der Waals surface area contributed by atoms with Crippen LogP contribution in [0.5, 0.6) is 0 Å². The molecule has 1 aromatic heterocycles. The van der Waals surface area contributed by atoms with E-state index in [1.165, 1.54) is 32.7 Å². The topological polar surface area (TPSA) is 63.9 Å². The van der Waals surface area contributed by atoms with Crippen LogP contribution in [0.4, 0.5) is 0 Å². The number of hydrogen-bond acceptors (Lipinski definition) is 2. The zero-order valence-electron chi connectivity index (χ0n) is 27.8. The third kappa shape index (κ3) is 5.73. The zero-order valence-corrected chi connectivity index (χ0v) is 27.8. The van der Waals surface area contributed by atoms with Gasteiger partial charge in [0.2, 0.25) is 0 Å². The van der Waals surface area contributed by atoms with E-state index in [2.05, 4.69) is 121 Å². The van der Waals surface area contributed by atoms with E-state index in [0.717, 1.165) is 49.8 Å². The van der Waals surface area contributed by atoms with E-state index in [1.807, 2.05) is 54.6 Å². The molecule has 0 spiro atoms. The second kappa shape index (κ2) is 12.9. The number of amidine groups is 2. The minimum absolute atomic E-state index is 0.408. The van der Waals surface area contributed by atoms with E-state index in [9.17, 15) is 0 Å². The first-order valence-electron chi connectivity index (χ1n) is 17.1. The van der Waals surface area contributed by atoms with Crippen molar-refractivity contribution in [1.82, 2.24) is 0 Å². The van der Waals surface area contributed by atoms with Crippen molar-refractivity contribution in [3.05, 3.63) is 193 Å². The second-order valence-corrected chi connectivity index (χ2v) is 12.7. The van der Waals surface area contributed by atoms with E-state index in [0.29, 0.717) is 18.2 Å². The number of nitrogens with zero attached hydrogens (tertiary/aromatic N) is 2. The molecule has 0 saturated carbocycles. The largest absolute Gasteiger partial charge is 0.456 e. The van der Waals surface area contributed by atoms with Crippen LogP contribution in [-0.4, -0.2) is 11.7 Å². The molecule has 51 heavy (non-hydrogen) atoms. The lowest BCUT2D eigenvalue weighted by Crippen LogP contribution is -2.16. The minimum Gasteiger partial charge on any atom is -0.456 e. The normalized spacial score (nSPS) is 12.3. The number of rotatable bonds is 6. The Hall–Kier alpha value is -6.78. The number of aliphatic imine (C=N–C) groups is 2. The Morgan fingerprint density at radius 3 is 1.82 bits per heavy atom.